The van der Waals surface area contributed by atoms with Crippen molar-refractivity contribution in [3.63, 3.8) is 0 Å². The Labute approximate surface area is 95.9 Å². The number of aliphatic hydroxyl groups excluding tert-OH is 1. The molecule has 15 heavy (non-hydrogen) atoms. The molecule has 1 unspecified atom stereocenters. The smallest absolute Gasteiger partial charge is 0.157 e. The van der Waals surface area contributed by atoms with Crippen LogP contribution in [0.25, 0.3) is 0 Å². The Morgan fingerprint density at radius 3 is 2.80 bits per heavy atom. The number of H-pyrrole nitrogens is 1. The molecule has 1 atom stereocenters. The lowest BCUT2D eigenvalue weighted by molar-refractivity contribution is 0.210. The van der Waals surface area contributed by atoms with Crippen LogP contribution in [0, 0.1) is 0 Å². The predicted octanol–water partition coefficient (Wildman–Crippen LogP) is 2.19. The van der Waals surface area contributed by atoms with Crippen molar-refractivity contribution in [2.24, 2.45) is 0 Å². The van der Waals surface area contributed by atoms with Crippen LogP contribution in [-0.4, -0.2) is 20.3 Å². The summed E-state index contributed by atoms with van der Waals surface area (Å²) in [6.45, 7) is 0. The van der Waals surface area contributed by atoms with Crippen LogP contribution in [0.4, 0.5) is 0 Å². The molecule has 0 aliphatic carbocycles. The quantitative estimate of drug-likeness (QED) is 0.851. The van der Waals surface area contributed by atoms with E-state index in [1.54, 1.807) is 18.2 Å². The number of rotatable bonds is 2. The SMILES string of the molecule is OC(c1ncn[nH]1)c1cccc(Cl)c1Cl. The minimum Gasteiger partial charge on any atom is -0.380 e. The van der Waals surface area contributed by atoms with Gasteiger partial charge in [0.05, 0.1) is 10.0 Å². The second-order valence-electron chi connectivity index (χ2n) is 2.92. The maximum Gasteiger partial charge on any atom is 0.157 e. The molecule has 1 aromatic carbocycles. The Balaban J connectivity index is 2.42. The molecule has 1 aromatic heterocycles. The van der Waals surface area contributed by atoms with Crippen molar-refractivity contribution in [1.29, 1.82) is 0 Å². The summed E-state index contributed by atoms with van der Waals surface area (Å²) in [4.78, 5) is 3.84. The van der Waals surface area contributed by atoms with Gasteiger partial charge in [0.2, 0.25) is 0 Å². The van der Waals surface area contributed by atoms with Gasteiger partial charge in [0, 0.05) is 5.56 Å². The molecule has 0 aliphatic rings. The van der Waals surface area contributed by atoms with E-state index in [1.165, 1.54) is 6.33 Å². The highest BCUT2D eigenvalue weighted by atomic mass is 35.5. The van der Waals surface area contributed by atoms with Crippen molar-refractivity contribution in [2.75, 3.05) is 0 Å². The Bertz CT molecular complexity index is 458. The largest absolute Gasteiger partial charge is 0.380 e. The Morgan fingerprint density at radius 1 is 1.33 bits per heavy atom. The number of hydrogen-bond donors (Lipinski definition) is 2. The summed E-state index contributed by atoms with van der Waals surface area (Å²) < 4.78 is 0. The van der Waals surface area contributed by atoms with Crippen LogP contribution in [0.5, 0.6) is 0 Å². The van der Waals surface area contributed by atoms with Gasteiger partial charge in [-0.1, -0.05) is 35.3 Å². The van der Waals surface area contributed by atoms with Crippen molar-refractivity contribution >= 4 is 23.2 Å². The number of nitrogens with one attached hydrogen (secondary N) is 1. The molecule has 0 saturated heterocycles. The lowest BCUT2D eigenvalue weighted by Gasteiger charge is -2.10. The molecular weight excluding hydrogens is 237 g/mol. The van der Waals surface area contributed by atoms with Gasteiger partial charge in [-0.2, -0.15) is 5.10 Å². The summed E-state index contributed by atoms with van der Waals surface area (Å²) in [6, 6.07) is 5.05. The summed E-state index contributed by atoms with van der Waals surface area (Å²) in [6.07, 6.45) is 0.371. The van der Waals surface area contributed by atoms with Crippen LogP contribution >= 0.6 is 23.2 Å². The maximum absolute atomic E-state index is 9.91. The molecule has 78 valence electrons. The van der Waals surface area contributed by atoms with Gasteiger partial charge in [-0.3, -0.25) is 5.10 Å². The second-order valence-corrected chi connectivity index (χ2v) is 3.70. The van der Waals surface area contributed by atoms with Crippen LogP contribution in [0.3, 0.4) is 0 Å². The van der Waals surface area contributed by atoms with Crippen LogP contribution in [0.1, 0.15) is 17.5 Å². The molecule has 0 aliphatic heterocycles. The summed E-state index contributed by atoms with van der Waals surface area (Å²) in [7, 11) is 0. The number of aromatic nitrogens is 3. The van der Waals surface area contributed by atoms with Crippen molar-refractivity contribution in [1.82, 2.24) is 15.2 Å². The van der Waals surface area contributed by atoms with Gasteiger partial charge >= 0.3 is 0 Å². The highest BCUT2D eigenvalue weighted by Gasteiger charge is 2.17. The molecule has 2 rings (SSSR count). The predicted molar refractivity (Wildman–Crippen MR) is 56.9 cm³/mol. The van der Waals surface area contributed by atoms with E-state index in [0.717, 1.165) is 0 Å². The third-order valence-corrected chi connectivity index (χ3v) is 2.80. The molecule has 2 N–H and O–H groups in total. The lowest BCUT2D eigenvalue weighted by Crippen LogP contribution is -2.02. The van der Waals surface area contributed by atoms with Gasteiger partial charge in [-0.15, -0.1) is 0 Å². The third-order valence-electron chi connectivity index (χ3n) is 1.97. The average Bonchev–Trinajstić information content (AvgIpc) is 2.74. The molecule has 0 spiro atoms. The minimum atomic E-state index is -0.946. The monoisotopic (exact) mass is 243 g/mol. The van der Waals surface area contributed by atoms with E-state index in [0.29, 0.717) is 21.4 Å². The zero-order valence-corrected chi connectivity index (χ0v) is 9.00. The van der Waals surface area contributed by atoms with Gasteiger partial charge < -0.3 is 5.11 Å². The van der Waals surface area contributed by atoms with Crippen LogP contribution in [-0.2, 0) is 0 Å². The van der Waals surface area contributed by atoms with Gasteiger partial charge in [0.1, 0.15) is 12.4 Å². The number of hydrogen-bond acceptors (Lipinski definition) is 3. The molecule has 0 fully saturated rings. The first-order chi connectivity index (χ1) is 7.20. The topological polar surface area (TPSA) is 61.8 Å². The normalized spacial score (nSPS) is 12.7. The fraction of sp³-hybridized carbons (Fsp3) is 0.111. The van der Waals surface area contributed by atoms with E-state index in [2.05, 4.69) is 15.2 Å². The van der Waals surface area contributed by atoms with Gasteiger partial charge in [-0.25, -0.2) is 4.98 Å². The minimum absolute atomic E-state index is 0.322. The first kappa shape index (κ1) is 10.4. The van der Waals surface area contributed by atoms with E-state index in [-0.39, 0.29) is 0 Å². The number of benzene rings is 1. The van der Waals surface area contributed by atoms with Crippen molar-refractivity contribution in [3.05, 3.63) is 46.0 Å². The second kappa shape index (κ2) is 4.18. The van der Waals surface area contributed by atoms with Gasteiger partial charge in [0.15, 0.2) is 5.82 Å². The van der Waals surface area contributed by atoms with E-state index in [9.17, 15) is 5.11 Å². The molecule has 4 nitrogen and oxygen atoms in total. The van der Waals surface area contributed by atoms with E-state index >= 15 is 0 Å². The maximum atomic E-state index is 9.91. The molecule has 1 heterocycles. The van der Waals surface area contributed by atoms with E-state index in [4.69, 9.17) is 23.2 Å². The molecule has 0 amide bonds. The van der Waals surface area contributed by atoms with E-state index in [1.807, 2.05) is 0 Å². The Morgan fingerprint density at radius 2 is 2.13 bits per heavy atom. The van der Waals surface area contributed by atoms with Crippen molar-refractivity contribution in [3.8, 4) is 0 Å². The highest BCUT2D eigenvalue weighted by molar-refractivity contribution is 6.42. The summed E-state index contributed by atoms with van der Waals surface area (Å²) >= 11 is 11.8. The van der Waals surface area contributed by atoms with Crippen molar-refractivity contribution in [2.45, 2.75) is 6.10 Å². The Kier molecular flexibility index (Phi) is 2.90. The zero-order chi connectivity index (χ0) is 10.8. The van der Waals surface area contributed by atoms with Gasteiger partial charge in [0.25, 0.3) is 0 Å². The van der Waals surface area contributed by atoms with Crippen molar-refractivity contribution < 1.29 is 5.11 Å². The van der Waals surface area contributed by atoms with Gasteiger partial charge in [-0.05, 0) is 6.07 Å². The van der Waals surface area contributed by atoms with Crippen LogP contribution < -0.4 is 0 Å². The molecule has 0 bridgehead atoms. The Hall–Kier alpha value is -1.10. The molecular formula is C9H7Cl2N3O. The number of aliphatic hydroxyl groups is 1. The summed E-state index contributed by atoms with van der Waals surface area (Å²) in [5.41, 5.74) is 0.501. The third kappa shape index (κ3) is 1.97. The fourth-order valence-corrected chi connectivity index (χ4v) is 1.64. The zero-order valence-electron chi connectivity index (χ0n) is 7.48. The molecule has 6 heteroatoms. The number of halogens is 2. The fourth-order valence-electron chi connectivity index (χ4n) is 1.23. The number of nitrogens with zero attached hydrogens (tertiary/aromatic N) is 2. The first-order valence-electron chi connectivity index (χ1n) is 4.17. The summed E-state index contributed by atoms with van der Waals surface area (Å²) in [5, 5.41) is 16.8. The number of aromatic amines is 1. The molecule has 0 saturated carbocycles. The highest BCUT2D eigenvalue weighted by Crippen LogP contribution is 2.31. The summed E-state index contributed by atoms with van der Waals surface area (Å²) in [5.74, 6) is 0.333. The van der Waals surface area contributed by atoms with E-state index < -0.39 is 6.10 Å². The molecule has 2 aromatic rings. The lowest BCUT2D eigenvalue weighted by atomic mass is 10.1. The van der Waals surface area contributed by atoms with Crippen LogP contribution in [0.2, 0.25) is 10.0 Å². The average molecular weight is 244 g/mol. The van der Waals surface area contributed by atoms with Crippen LogP contribution in [0.15, 0.2) is 24.5 Å². The molecule has 0 radical (unpaired) electrons. The first-order valence-corrected chi connectivity index (χ1v) is 4.93. The standard InChI is InChI=1S/C9H7Cl2N3O/c10-6-3-1-2-5(7(6)11)8(15)9-12-4-13-14-9/h1-4,8,15H,(H,12,13,14).